The number of esters is 3. The maximum Gasteiger partial charge on any atom is 0.331 e. The molecular formula is C60H91N5O8+2. The lowest BCUT2D eigenvalue weighted by atomic mass is 9.87. The van der Waals surface area contributed by atoms with Crippen LogP contribution < -0.4 is 5.73 Å². The van der Waals surface area contributed by atoms with Crippen LogP contribution in [0.1, 0.15) is 98.4 Å². The van der Waals surface area contributed by atoms with E-state index in [4.69, 9.17) is 29.4 Å². The molecular weight excluding hydrogens is 919 g/mol. The summed E-state index contributed by atoms with van der Waals surface area (Å²) < 4.78 is 29.9. The molecule has 1 aliphatic heterocycles. The van der Waals surface area contributed by atoms with Gasteiger partial charge in [0.25, 0.3) is 0 Å². The summed E-state index contributed by atoms with van der Waals surface area (Å²) in [5.41, 5.74) is 9.70. The van der Waals surface area contributed by atoms with Gasteiger partial charge in [0, 0.05) is 24.3 Å². The van der Waals surface area contributed by atoms with Crippen LogP contribution in [0.25, 0.3) is 0 Å². The smallest absolute Gasteiger partial charge is 0.331 e. The van der Waals surface area contributed by atoms with Crippen molar-refractivity contribution in [2.75, 3.05) is 79.7 Å². The van der Waals surface area contributed by atoms with Crippen molar-refractivity contribution in [3.05, 3.63) is 144 Å². The van der Waals surface area contributed by atoms with Crippen LogP contribution in [0.5, 0.6) is 0 Å². The van der Waals surface area contributed by atoms with E-state index in [0.717, 1.165) is 70.5 Å². The third kappa shape index (κ3) is 23.9. The van der Waals surface area contributed by atoms with Crippen LogP contribution in [0, 0.1) is 5.41 Å². The number of hydrogen-bond acceptors (Lipinski definition) is 11. The summed E-state index contributed by atoms with van der Waals surface area (Å²) in [5, 5.41) is 0. The average Bonchev–Trinajstić information content (AvgIpc) is 3.71. The number of ether oxygens (including phenoxy) is 5. The van der Waals surface area contributed by atoms with Crippen molar-refractivity contribution in [3.63, 3.8) is 0 Å². The zero-order chi connectivity index (χ0) is 54.3. The summed E-state index contributed by atoms with van der Waals surface area (Å²) >= 11 is 0. The van der Waals surface area contributed by atoms with Crippen molar-refractivity contribution in [2.24, 2.45) is 21.1 Å². The molecule has 0 unspecified atom stereocenters. The minimum atomic E-state index is -0.558. The first-order chi connectivity index (χ1) is 34.7. The van der Waals surface area contributed by atoms with Gasteiger partial charge >= 0.3 is 17.9 Å². The molecule has 402 valence electrons. The minimum Gasteiger partial charge on any atom is -0.465 e. The van der Waals surface area contributed by atoms with E-state index in [1.165, 1.54) is 0 Å². The number of carbonyl (C=O) groups excluding carboxylic acids is 3. The molecule has 0 aliphatic carbocycles. The molecule has 2 N–H and O–H groups in total. The lowest BCUT2D eigenvalue weighted by Crippen LogP contribution is -2.55. The zero-order valence-electron chi connectivity index (χ0n) is 46.6. The number of nitrogens with zero attached hydrogens (tertiary/aromatic N) is 4. The highest BCUT2D eigenvalue weighted by Crippen LogP contribution is 2.43. The van der Waals surface area contributed by atoms with Gasteiger partial charge < -0.3 is 38.4 Å². The summed E-state index contributed by atoms with van der Waals surface area (Å²) in [7, 11) is 4.67. The van der Waals surface area contributed by atoms with Crippen molar-refractivity contribution in [2.45, 2.75) is 119 Å². The Labute approximate surface area is 439 Å². The number of rotatable bonds is 22. The number of hydrogen-bond donors (Lipinski definition) is 1. The zero-order valence-corrected chi connectivity index (χ0v) is 46.6. The van der Waals surface area contributed by atoms with Crippen LogP contribution in [0.3, 0.4) is 0 Å². The number of aliphatic imine (C=N–C) groups is 2. The van der Waals surface area contributed by atoms with Crippen LogP contribution in [0.15, 0.2) is 131 Å². The topological polar surface area (TPSA) is 148 Å². The summed E-state index contributed by atoms with van der Waals surface area (Å²) in [6, 6.07) is 37.8. The van der Waals surface area contributed by atoms with Gasteiger partial charge in [0.2, 0.25) is 0 Å². The van der Waals surface area contributed by atoms with Gasteiger partial charge in [0.15, 0.2) is 11.8 Å². The fourth-order valence-electron chi connectivity index (χ4n) is 7.41. The van der Waals surface area contributed by atoms with Crippen LogP contribution in [-0.2, 0) is 50.9 Å². The molecule has 0 radical (unpaired) electrons. The second-order valence-electron chi connectivity index (χ2n) is 19.8. The predicted molar refractivity (Wildman–Crippen MR) is 297 cm³/mol. The first kappa shape index (κ1) is 63.5. The number of likely N-dealkylation sites (N-methyl/N-ethyl adjacent to an activating group) is 2. The van der Waals surface area contributed by atoms with Crippen LogP contribution in [-0.4, -0.2) is 149 Å². The molecule has 1 saturated heterocycles. The highest BCUT2D eigenvalue weighted by Gasteiger charge is 2.54. The van der Waals surface area contributed by atoms with Gasteiger partial charge in [-0.25, -0.2) is 4.79 Å². The van der Waals surface area contributed by atoms with Gasteiger partial charge in [-0.3, -0.25) is 19.6 Å². The quantitative estimate of drug-likeness (QED) is 0.0352. The molecule has 1 fully saturated rings. The van der Waals surface area contributed by atoms with Gasteiger partial charge in [-0.2, -0.15) is 0 Å². The number of benzene rings is 4. The Morgan fingerprint density at radius 1 is 0.603 bits per heavy atom. The number of nitrogens with two attached hydrogens (primary N) is 1. The minimum absolute atomic E-state index is 0.0380. The Morgan fingerprint density at radius 2 is 0.986 bits per heavy atom. The Bertz CT molecular complexity index is 2150. The Morgan fingerprint density at radius 3 is 1.38 bits per heavy atom. The van der Waals surface area contributed by atoms with Gasteiger partial charge in [-0.1, -0.05) is 142 Å². The van der Waals surface area contributed by atoms with Crippen molar-refractivity contribution >= 4 is 30.3 Å². The summed E-state index contributed by atoms with van der Waals surface area (Å²) in [6.07, 6.45) is 4.79. The largest absolute Gasteiger partial charge is 0.465 e. The summed E-state index contributed by atoms with van der Waals surface area (Å²) in [4.78, 5) is 42.5. The van der Waals surface area contributed by atoms with E-state index in [9.17, 15) is 14.4 Å². The van der Waals surface area contributed by atoms with E-state index in [-0.39, 0.29) is 42.1 Å². The predicted octanol–water partition coefficient (Wildman–Crippen LogP) is 9.57. The lowest BCUT2D eigenvalue weighted by molar-refractivity contribution is -0.916. The Hall–Kier alpha value is -5.57. The van der Waals surface area contributed by atoms with Crippen molar-refractivity contribution < 1.29 is 47.0 Å². The van der Waals surface area contributed by atoms with Crippen molar-refractivity contribution in [1.29, 1.82) is 0 Å². The molecule has 1 aliphatic rings. The maximum absolute atomic E-state index is 12.0. The van der Waals surface area contributed by atoms with Gasteiger partial charge in [0.05, 0.1) is 60.1 Å². The van der Waals surface area contributed by atoms with Gasteiger partial charge in [0.1, 0.15) is 37.9 Å². The average molecular weight is 1010 g/mol. The first-order valence-corrected chi connectivity index (χ1v) is 26.2. The molecule has 73 heavy (non-hydrogen) atoms. The third-order valence-corrected chi connectivity index (χ3v) is 13.3. The summed E-state index contributed by atoms with van der Waals surface area (Å²) in [5.74, 6) is -1.43. The van der Waals surface area contributed by atoms with Gasteiger partial charge in [-0.15, -0.1) is 0 Å². The van der Waals surface area contributed by atoms with Crippen LogP contribution in [0.4, 0.5) is 0 Å². The highest BCUT2D eigenvalue weighted by molar-refractivity contribution is 5.84. The number of carbonyl (C=O) groups is 3. The van der Waals surface area contributed by atoms with Crippen LogP contribution in [0.2, 0.25) is 0 Å². The van der Waals surface area contributed by atoms with E-state index >= 15 is 0 Å². The van der Waals surface area contributed by atoms with E-state index < -0.39 is 17.9 Å². The van der Waals surface area contributed by atoms with E-state index in [1.807, 2.05) is 121 Å². The summed E-state index contributed by atoms with van der Waals surface area (Å²) in [6.45, 7) is 31.0. The molecule has 0 saturated carbocycles. The fraction of sp³-hybridized carbons (Fsp3) is 0.517. The molecule has 0 bridgehead atoms. The first-order valence-electron chi connectivity index (χ1n) is 26.2. The Kier molecular flexibility index (Phi) is 29.0. The molecule has 0 aromatic heterocycles. The monoisotopic (exact) mass is 1010 g/mol. The Balaban J connectivity index is 0.000000342. The molecule has 0 spiro atoms. The molecule has 5 rings (SSSR count). The second-order valence-corrected chi connectivity index (χ2v) is 19.8. The van der Waals surface area contributed by atoms with Gasteiger partial charge in [-0.05, 0) is 84.1 Å². The van der Waals surface area contributed by atoms with Crippen molar-refractivity contribution in [1.82, 2.24) is 0 Å². The molecule has 13 heteroatoms. The molecule has 4 aromatic rings. The normalized spacial score (nSPS) is 16.1. The van der Waals surface area contributed by atoms with Crippen molar-refractivity contribution in [3.8, 4) is 0 Å². The van der Waals surface area contributed by atoms with E-state index in [2.05, 4.69) is 79.5 Å². The van der Waals surface area contributed by atoms with E-state index in [1.54, 1.807) is 33.2 Å². The molecule has 4 atom stereocenters. The molecule has 4 aromatic carbocycles. The van der Waals surface area contributed by atoms with E-state index in [0.29, 0.717) is 32.7 Å². The fourth-order valence-corrected chi connectivity index (χ4v) is 7.41. The van der Waals surface area contributed by atoms with Crippen LogP contribution >= 0.6 is 0 Å². The SMILES string of the molecule is CCOC(=O)CN=Cc1ccccc1.CCOC(=O)[C@@H](Cc1ccccc1)N=Cc1ccccc1.CCOC(=O)[C@H](N)Cc1ccccc1.CC[N+](C)(CC)C[C@@H]1OC(C)(C(C)(C)C)O[C@H]1C[N+](C)(CC)CC. The molecule has 1 heterocycles. The maximum atomic E-state index is 12.0. The second kappa shape index (κ2) is 33.3. The highest BCUT2D eigenvalue weighted by atomic mass is 16.8. The third-order valence-electron chi connectivity index (χ3n) is 13.3. The lowest BCUT2D eigenvalue weighted by Gasteiger charge is -2.38. The number of quaternary nitrogens is 2. The molecule has 0 amide bonds. The standard InChI is InChI=1S/C20H44N2O2.C18H19NO2.C11H13NO2.C11H15NO2/c1-11-21(9,12-2)15-17-18(16-22(10,13-3)14-4)24-20(8,23-17)19(5,6)7;1-2-21-18(20)17(13-15-9-5-3-6-10-15)19-14-16-11-7-4-8-12-16;1-2-14-11(13)9-12-8-10-6-4-3-5-7-10;1-2-14-11(13)10(12)8-9-6-4-3-5-7-9/h17-18H,11-16H2,1-10H3;3-12,14,17H,2,13H2,1H3;3-8H,2,9H2,1H3;3-7,10H,2,8,12H2,1H3/q+2;;;/t17-,18-;17-;;10-/m01.1/s1. The molecule has 13 nitrogen and oxygen atoms in total.